The molecule has 0 aliphatic rings. The number of aromatic amines is 1. The average molecular weight is 282 g/mol. The number of carbonyl (C=O) groups is 1. The Kier molecular flexibility index (Phi) is 4.48. The van der Waals surface area contributed by atoms with Crippen molar-refractivity contribution in [3.8, 4) is 0 Å². The van der Waals surface area contributed by atoms with Crippen molar-refractivity contribution in [2.75, 3.05) is 13.2 Å². The molecule has 0 saturated heterocycles. The molecule has 0 aromatic carbocycles. The molecule has 0 fully saturated rings. The van der Waals surface area contributed by atoms with Crippen LogP contribution >= 0.6 is 0 Å². The molecule has 0 radical (unpaired) electrons. The number of ether oxygens (including phenoxy) is 1. The smallest absolute Gasteiger partial charge is 0.411 e. The number of aromatic carboxylic acids is 1. The van der Waals surface area contributed by atoms with Crippen LogP contribution in [0.1, 0.15) is 10.4 Å². The van der Waals surface area contributed by atoms with Gasteiger partial charge >= 0.3 is 17.8 Å². The molecule has 1 rings (SSSR count). The van der Waals surface area contributed by atoms with Crippen molar-refractivity contribution >= 4 is 5.97 Å². The van der Waals surface area contributed by atoms with E-state index in [1.807, 2.05) is 0 Å². The maximum atomic E-state index is 11.8. The maximum absolute atomic E-state index is 11.8. The number of nitrogens with one attached hydrogen (secondary N) is 1. The van der Waals surface area contributed by atoms with Gasteiger partial charge in [-0.3, -0.25) is 14.3 Å². The molecule has 1 aromatic heterocycles. The van der Waals surface area contributed by atoms with Crippen molar-refractivity contribution in [1.82, 2.24) is 9.55 Å². The summed E-state index contributed by atoms with van der Waals surface area (Å²) in [5, 5.41) is 8.64. The zero-order valence-corrected chi connectivity index (χ0v) is 9.36. The summed E-state index contributed by atoms with van der Waals surface area (Å²) in [5.74, 6) is -1.55. The Balaban J connectivity index is 2.74. The van der Waals surface area contributed by atoms with Gasteiger partial charge in [0.05, 0.1) is 13.2 Å². The van der Waals surface area contributed by atoms with Gasteiger partial charge in [-0.25, -0.2) is 9.59 Å². The lowest BCUT2D eigenvalue weighted by Gasteiger charge is -2.09. The lowest BCUT2D eigenvalue weighted by atomic mass is 10.3. The monoisotopic (exact) mass is 282 g/mol. The van der Waals surface area contributed by atoms with Gasteiger partial charge in [0.15, 0.2) is 0 Å². The number of hydrogen-bond donors (Lipinski definition) is 2. The van der Waals surface area contributed by atoms with Crippen molar-refractivity contribution in [3.05, 3.63) is 32.6 Å². The second-order valence-corrected chi connectivity index (χ2v) is 3.47. The third kappa shape index (κ3) is 4.58. The van der Waals surface area contributed by atoms with Crippen molar-refractivity contribution in [1.29, 1.82) is 0 Å². The number of halogens is 3. The van der Waals surface area contributed by atoms with Gasteiger partial charge in [-0.05, 0) is 0 Å². The number of carboxylic acid groups (broad SMARTS) is 1. The number of rotatable bonds is 5. The molecule has 19 heavy (non-hydrogen) atoms. The second-order valence-electron chi connectivity index (χ2n) is 3.47. The molecule has 106 valence electrons. The Morgan fingerprint density at radius 3 is 2.58 bits per heavy atom. The number of carboxylic acids is 1. The third-order valence-electron chi connectivity index (χ3n) is 1.98. The molecule has 0 unspecified atom stereocenters. The number of nitrogens with zero attached hydrogens (tertiary/aromatic N) is 1. The van der Waals surface area contributed by atoms with E-state index in [0.717, 1.165) is 10.8 Å². The van der Waals surface area contributed by atoms with Gasteiger partial charge in [0.1, 0.15) is 12.2 Å². The molecule has 0 amide bonds. The molecule has 0 saturated carbocycles. The SMILES string of the molecule is O=C(O)c1cn(CCOCC(F)(F)F)c(=O)[nH]c1=O. The highest BCUT2D eigenvalue weighted by Gasteiger charge is 2.27. The highest BCUT2D eigenvalue weighted by molar-refractivity contribution is 5.86. The average Bonchev–Trinajstić information content (AvgIpc) is 2.24. The molecular formula is C9H9F3N2O5. The third-order valence-corrected chi connectivity index (χ3v) is 1.98. The summed E-state index contributed by atoms with van der Waals surface area (Å²) in [7, 11) is 0. The summed E-state index contributed by atoms with van der Waals surface area (Å²) in [6.07, 6.45) is -3.73. The highest BCUT2D eigenvalue weighted by Crippen LogP contribution is 2.14. The van der Waals surface area contributed by atoms with Gasteiger partial charge in [0.25, 0.3) is 5.56 Å². The molecule has 7 nitrogen and oxygen atoms in total. The van der Waals surface area contributed by atoms with Gasteiger partial charge < -0.3 is 9.84 Å². The number of aromatic nitrogens is 2. The van der Waals surface area contributed by atoms with E-state index in [1.54, 1.807) is 4.98 Å². The first kappa shape index (κ1) is 15.0. The van der Waals surface area contributed by atoms with Crippen LogP contribution in [0.3, 0.4) is 0 Å². The molecule has 0 aliphatic carbocycles. The summed E-state index contributed by atoms with van der Waals surface area (Å²) in [4.78, 5) is 34.7. The van der Waals surface area contributed by atoms with Crippen LogP contribution in [0.4, 0.5) is 13.2 Å². The van der Waals surface area contributed by atoms with E-state index in [2.05, 4.69) is 4.74 Å². The molecule has 0 spiro atoms. The first-order valence-electron chi connectivity index (χ1n) is 4.92. The van der Waals surface area contributed by atoms with E-state index < -0.39 is 42.2 Å². The molecule has 10 heteroatoms. The van der Waals surface area contributed by atoms with E-state index in [9.17, 15) is 27.6 Å². The molecule has 0 aliphatic heterocycles. The lowest BCUT2D eigenvalue weighted by molar-refractivity contribution is -0.174. The predicted molar refractivity (Wildman–Crippen MR) is 55.2 cm³/mol. The number of alkyl halides is 3. The molecular weight excluding hydrogens is 273 g/mol. The fraction of sp³-hybridized carbons (Fsp3) is 0.444. The lowest BCUT2D eigenvalue weighted by Crippen LogP contribution is -2.34. The standard InChI is InChI=1S/C9H9F3N2O5/c10-9(11,12)4-19-2-1-14-3-5(7(16)17)6(15)13-8(14)18/h3H,1-2,4H2,(H,16,17)(H,13,15,18). The number of hydrogen-bond acceptors (Lipinski definition) is 4. The van der Waals surface area contributed by atoms with Gasteiger partial charge in [0.2, 0.25) is 0 Å². The van der Waals surface area contributed by atoms with E-state index in [4.69, 9.17) is 5.11 Å². The van der Waals surface area contributed by atoms with Crippen LogP contribution in [0, 0.1) is 0 Å². The molecule has 0 bridgehead atoms. The largest absolute Gasteiger partial charge is 0.477 e. The predicted octanol–water partition coefficient (Wildman–Crippen LogP) is -0.186. The van der Waals surface area contributed by atoms with Crippen LogP contribution in [0.15, 0.2) is 15.8 Å². The summed E-state index contributed by atoms with van der Waals surface area (Å²) < 4.78 is 40.3. The van der Waals surface area contributed by atoms with Crippen LogP contribution in [0.25, 0.3) is 0 Å². The van der Waals surface area contributed by atoms with Gasteiger partial charge in [-0.15, -0.1) is 0 Å². The first-order valence-corrected chi connectivity index (χ1v) is 4.92. The van der Waals surface area contributed by atoms with Crippen LogP contribution in [0.2, 0.25) is 0 Å². The van der Waals surface area contributed by atoms with E-state index >= 15 is 0 Å². The van der Waals surface area contributed by atoms with Crippen molar-refractivity contribution in [2.24, 2.45) is 0 Å². The Bertz CT molecular complexity index is 574. The van der Waals surface area contributed by atoms with Gasteiger partial charge in [0, 0.05) is 6.20 Å². The van der Waals surface area contributed by atoms with E-state index in [1.165, 1.54) is 0 Å². The van der Waals surface area contributed by atoms with Gasteiger partial charge in [-0.1, -0.05) is 0 Å². The zero-order valence-electron chi connectivity index (χ0n) is 9.36. The second kappa shape index (κ2) is 5.69. The van der Waals surface area contributed by atoms with Crippen LogP contribution in [0.5, 0.6) is 0 Å². The Morgan fingerprint density at radius 1 is 1.42 bits per heavy atom. The maximum Gasteiger partial charge on any atom is 0.411 e. The van der Waals surface area contributed by atoms with Crippen LogP contribution in [-0.4, -0.2) is 40.0 Å². The fourth-order valence-electron chi connectivity index (χ4n) is 1.18. The summed E-state index contributed by atoms with van der Waals surface area (Å²) >= 11 is 0. The molecule has 1 aromatic rings. The van der Waals surface area contributed by atoms with E-state index in [-0.39, 0.29) is 6.54 Å². The van der Waals surface area contributed by atoms with Crippen LogP contribution in [-0.2, 0) is 11.3 Å². The fourth-order valence-corrected chi connectivity index (χ4v) is 1.18. The Labute approximate surface area is 103 Å². The van der Waals surface area contributed by atoms with Crippen molar-refractivity contribution in [3.63, 3.8) is 0 Å². The topological polar surface area (TPSA) is 101 Å². The summed E-state index contributed by atoms with van der Waals surface area (Å²) in [6, 6.07) is 0. The first-order chi connectivity index (χ1) is 8.70. The summed E-state index contributed by atoms with van der Waals surface area (Å²) in [6.45, 7) is -2.24. The number of H-pyrrole nitrogens is 1. The Hall–Kier alpha value is -2.10. The Morgan fingerprint density at radius 2 is 2.05 bits per heavy atom. The molecule has 2 N–H and O–H groups in total. The molecule has 1 heterocycles. The molecule has 0 atom stereocenters. The minimum Gasteiger partial charge on any atom is -0.477 e. The summed E-state index contributed by atoms with van der Waals surface area (Å²) in [5.41, 5.74) is -2.69. The zero-order chi connectivity index (χ0) is 14.6. The normalized spacial score (nSPS) is 11.5. The minimum absolute atomic E-state index is 0.314. The van der Waals surface area contributed by atoms with E-state index in [0.29, 0.717) is 0 Å². The minimum atomic E-state index is -4.48. The van der Waals surface area contributed by atoms with Crippen LogP contribution < -0.4 is 11.2 Å². The quantitative estimate of drug-likeness (QED) is 0.729. The van der Waals surface area contributed by atoms with Crippen molar-refractivity contribution < 1.29 is 27.8 Å². The highest BCUT2D eigenvalue weighted by atomic mass is 19.4. The van der Waals surface area contributed by atoms with Gasteiger partial charge in [-0.2, -0.15) is 13.2 Å². The van der Waals surface area contributed by atoms with Crippen molar-refractivity contribution in [2.45, 2.75) is 12.7 Å².